The van der Waals surface area contributed by atoms with Crippen LogP contribution in [0, 0.1) is 12.7 Å². The van der Waals surface area contributed by atoms with E-state index in [2.05, 4.69) is 31.8 Å². The van der Waals surface area contributed by atoms with Crippen LogP contribution in [0.25, 0.3) is 0 Å². The molecule has 31 heavy (non-hydrogen) atoms. The summed E-state index contributed by atoms with van der Waals surface area (Å²) >= 11 is 3.46. The number of anilines is 1. The van der Waals surface area contributed by atoms with E-state index in [9.17, 15) is 9.18 Å². The summed E-state index contributed by atoms with van der Waals surface area (Å²) in [5.41, 5.74) is 5.46. The molecule has 0 aliphatic carbocycles. The third-order valence-electron chi connectivity index (χ3n) is 4.33. The maximum atomic E-state index is 13.3. The van der Waals surface area contributed by atoms with Crippen molar-refractivity contribution in [2.24, 2.45) is 5.10 Å². The Morgan fingerprint density at radius 2 is 1.94 bits per heavy atom. The zero-order valence-corrected chi connectivity index (χ0v) is 18.6. The summed E-state index contributed by atoms with van der Waals surface area (Å²) in [5.74, 6) is 0.645. The van der Waals surface area contributed by atoms with Gasteiger partial charge in [-0.2, -0.15) is 5.10 Å². The Kier molecular flexibility index (Phi) is 7.61. The first kappa shape index (κ1) is 22.3. The van der Waals surface area contributed by atoms with Gasteiger partial charge in [0.25, 0.3) is 0 Å². The lowest BCUT2D eigenvalue weighted by atomic mass is 10.2. The second kappa shape index (κ2) is 10.6. The number of ether oxygens (including phenoxy) is 2. The highest BCUT2D eigenvalue weighted by Gasteiger charge is 2.10. The van der Waals surface area contributed by atoms with E-state index in [1.165, 1.54) is 25.5 Å². The van der Waals surface area contributed by atoms with Gasteiger partial charge in [0.05, 0.1) is 13.3 Å². The highest BCUT2D eigenvalue weighted by atomic mass is 79.9. The zero-order valence-electron chi connectivity index (χ0n) is 17.0. The molecular formula is C23H21BrFN3O3. The molecule has 2 amide bonds. The number of hydrogen-bond acceptors (Lipinski definition) is 4. The van der Waals surface area contributed by atoms with Gasteiger partial charge in [-0.15, -0.1) is 0 Å². The lowest BCUT2D eigenvalue weighted by Crippen LogP contribution is -2.24. The van der Waals surface area contributed by atoms with Gasteiger partial charge in [0, 0.05) is 15.7 Å². The number of halogens is 2. The average Bonchev–Trinajstić information content (AvgIpc) is 2.75. The zero-order chi connectivity index (χ0) is 22.2. The lowest BCUT2D eigenvalue weighted by molar-refractivity contribution is 0.252. The minimum absolute atomic E-state index is 0.189. The molecule has 0 atom stereocenters. The topological polar surface area (TPSA) is 72.0 Å². The van der Waals surface area contributed by atoms with Gasteiger partial charge in [-0.05, 0) is 64.3 Å². The molecule has 0 unspecified atom stereocenters. The highest BCUT2D eigenvalue weighted by molar-refractivity contribution is 9.10. The lowest BCUT2D eigenvalue weighted by Gasteiger charge is -2.13. The Hall–Kier alpha value is -3.39. The van der Waals surface area contributed by atoms with Crippen molar-refractivity contribution >= 4 is 33.9 Å². The maximum absolute atomic E-state index is 13.3. The molecule has 0 aliphatic heterocycles. The minimum Gasteiger partial charge on any atom is -0.493 e. The molecule has 3 rings (SSSR count). The van der Waals surface area contributed by atoms with Gasteiger partial charge in [0.15, 0.2) is 11.5 Å². The van der Waals surface area contributed by atoms with Crippen LogP contribution < -0.4 is 20.2 Å². The first-order valence-corrected chi connectivity index (χ1v) is 10.2. The van der Waals surface area contributed by atoms with Gasteiger partial charge in [0.1, 0.15) is 12.4 Å². The van der Waals surface area contributed by atoms with E-state index in [4.69, 9.17) is 9.47 Å². The van der Waals surface area contributed by atoms with Crippen LogP contribution in [-0.2, 0) is 6.61 Å². The monoisotopic (exact) mass is 485 g/mol. The number of amides is 2. The molecule has 2 N–H and O–H groups in total. The van der Waals surface area contributed by atoms with Crippen LogP contribution in [0.2, 0.25) is 0 Å². The number of benzene rings is 3. The van der Waals surface area contributed by atoms with E-state index in [1.54, 1.807) is 24.3 Å². The van der Waals surface area contributed by atoms with Crippen LogP contribution in [0.4, 0.5) is 14.9 Å². The van der Waals surface area contributed by atoms with Crippen LogP contribution >= 0.6 is 15.9 Å². The molecule has 0 radical (unpaired) electrons. The Labute approximate surface area is 188 Å². The standard InChI is InChI=1S/C23H21BrFN3O3/c1-15-6-3-4-9-20(15)27-23(29)28-26-13-17-11-21(30-2)22(12-19(17)24)31-14-16-7-5-8-18(25)10-16/h3-13H,14H2,1-2H3,(H2,27,28,29). The Morgan fingerprint density at radius 1 is 1.13 bits per heavy atom. The maximum Gasteiger partial charge on any atom is 0.339 e. The number of rotatable bonds is 7. The molecule has 0 heterocycles. The second-order valence-corrected chi connectivity index (χ2v) is 7.44. The van der Waals surface area contributed by atoms with Crippen molar-refractivity contribution in [1.29, 1.82) is 0 Å². The first-order chi connectivity index (χ1) is 15.0. The van der Waals surface area contributed by atoms with Gasteiger partial charge < -0.3 is 14.8 Å². The second-order valence-electron chi connectivity index (χ2n) is 6.58. The van der Waals surface area contributed by atoms with Crippen molar-refractivity contribution in [2.75, 3.05) is 12.4 Å². The molecule has 0 bridgehead atoms. The summed E-state index contributed by atoms with van der Waals surface area (Å²) in [6, 6.07) is 16.6. The van der Waals surface area contributed by atoms with Crippen LogP contribution in [0.15, 0.2) is 70.2 Å². The summed E-state index contributed by atoms with van der Waals surface area (Å²) < 4.78 is 25.2. The van der Waals surface area contributed by atoms with Gasteiger partial charge in [0.2, 0.25) is 0 Å². The number of carbonyl (C=O) groups excluding carboxylic acids is 1. The molecule has 3 aromatic rings. The van der Waals surface area contributed by atoms with E-state index >= 15 is 0 Å². The average molecular weight is 486 g/mol. The van der Waals surface area contributed by atoms with E-state index < -0.39 is 6.03 Å². The number of carbonyl (C=O) groups is 1. The predicted molar refractivity (Wildman–Crippen MR) is 122 cm³/mol. The summed E-state index contributed by atoms with van der Waals surface area (Å²) in [4.78, 5) is 12.0. The van der Waals surface area contributed by atoms with Gasteiger partial charge in [-0.25, -0.2) is 14.6 Å². The third-order valence-corrected chi connectivity index (χ3v) is 5.02. The van der Waals surface area contributed by atoms with Crippen LogP contribution in [0.1, 0.15) is 16.7 Å². The molecule has 0 aliphatic rings. The molecular weight excluding hydrogens is 465 g/mol. The fraction of sp³-hybridized carbons (Fsp3) is 0.130. The summed E-state index contributed by atoms with van der Waals surface area (Å²) in [7, 11) is 1.52. The largest absolute Gasteiger partial charge is 0.493 e. The fourth-order valence-electron chi connectivity index (χ4n) is 2.73. The SMILES string of the molecule is COc1cc(C=NNC(=O)Nc2ccccc2C)c(Br)cc1OCc1cccc(F)c1. The highest BCUT2D eigenvalue weighted by Crippen LogP contribution is 2.33. The van der Waals surface area contributed by atoms with Gasteiger partial charge in [-0.3, -0.25) is 0 Å². The molecule has 0 spiro atoms. The summed E-state index contributed by atoms with van der Waals surface area (Å²) in [6.07, 6.45) is 1.49. The molecule has 160 valence electrons. The van der Waals surface area contributed by atoms with Crippen molar-refractivity contribution in [3.63, 3.8) is 0 Å². The molecule has 0 aromatic heterocycles. The number of para-hydroxylation sites is 1. The van der Waals surface area contributed by atoms with Crippen LogP contribution in [0.3, 0.4) is 0 Å². The van der Waals surface area contributed by atoms with Crippen LogP contribution in [-0.4, -0.2) is 19.4 Å². The molecule has 0 saturated heterocycles. The first-order valence-electron chi connectivity index (χ1n) is 9.36. The molecule has 0 fully saturated rings. The van der Waals surface area contributed by atoms with E-state index in [0.717, 1.165) is 5.56 Å². The Balaban J connectivity index is 1.65. The number of urea groups is 1. The van der Waals surface area contributed by atoms with Crippen molar-refractivity contribution in [3.05, 3.63) is 87.6 Å². The van der Waals surface area contributed by atoms with Crippen molar-refractivity contribution in [1.82, 2.24) is 5.43 Å². The number of methoxy groups -OCH3 is 1. The predicted octanol–water partition coefficient (Wildman–Crippen LogP) is 5.64. The number of nitrogens with one attached hydrogen (secondary N) is 2. The van der Waals surface area contributed by atoms with E-state index in [0.29, 0.717) is 32.8 Å². The summed E-state index contributed by atoms with van der Waals surface area (Å²) in [5, 5.41) is 6.71. The number of hydrazone groups is 1. The molecule has 6 nitrogen and oxygen atoms in total. The number of nitrogens with zero attached hydrogens (tertiary/aromatic N) is 1. The molecule has 3 aromatic carbocycles. The Bertz CT molecular complexity index is 1110. The fourth-order valence-corrected chi connectivity index (χ4v) is 3.16. The number of hydrogen-bond donors (Lipinski definition) is 2. The number of aryl methyl sites for hydroxylation is 1. The minimum atomic E-state index is -0.455. The normalized spacial score (nSPS) is 10.7. The van der Waals surface area contributed by atoms with Crippen molar-refractivity contribution in [2.45, 2.75) is 13.5 Å². The molecule has 0 saturated carbocycles. The van der Waals surface area contributed by atoms with Crippen molar-refractivity contribution in [3.8, 4) is 11.5 Å². The summed E-state index contributed by atoms with van der Waals surface area (Å²) in [6.45, 7) is 2.09. The van der Waals surface area contributed by atoms with Gasteiger partial charge in [-0.1, -0.05) is 30.3 Å². The quantitative estimate of drug-likeness (QED) is 0.336. The van der Waals surface area contributed by atoms with E-state index in [1.807, 2.05) is 31.2 Å². The van der Waals surface area contributed by atoms with Crippen LogP contribution in [0.5, 0.6) is 11.5 Å². The molecule has 8 heteroatoms. The van der Waals surface area contributed by atoms with Crippen molar-refractivity contribution < 1.29 is 18.7 Å². The Morgan fingerprint density at radius 3 is 2.68 bits per heavy atom. The van der Waals surface area contributed by atoms with E-state index in [-0.39, 0.29) is 12.4 Å². The third kappa shape index (κ3) is 6.29. The van der Waals surface area contributed by atoms with Gasteiger partial charge >= 0.3 is 6.03 Å². The smallest absolute Gasteiger partial charge is 0.339 e.